The minimum atomic E-state index is -3.15. The molecule has 2 aliphatic rings. The van der Waals surface area contributed by atoms with Crippen LogP contribution in [0.2, 0.25) is 0 Å². The third kappa shape index (κ3) is 2.37. The molecule has 1 atom stereocenters. The smallest absolute Gasteiger partial charge is 0.217 e. The monoisotopic (exact) mass is 267 g/mol. The summed E-state index contributed by atoms with van der Waals surface area (Å²) in [6, 6.07) is -0.180. The summed E-state index contributed by atoms with van der Waals surface area (Å²) in [6.07, 6.45) is 3.66. The van der Waals surface area contributed by atoms with Gasteiger partial charge in [-0.15, -0.1) is 11.6 Å². The Morgan fingerprint density at radius 3 is 2.62 bits per heavy atom. The first-order chi connectivity index (χ1) is 7.66. The molecular formula is C10H18ClNO3S. The fourth-order valence-corrected chi connectivity index (χ4v) is 5.00. The van der Waals surface area contributed by atoms with Gasteiger partial charge in [0.2, 0.25) is 10.0 Å². The number of alkyl halides is 1. The predicted molar refractivity (Wildman–Crippen MR) is 63.2 cm³/mol. The molecule has 0 radical (unpaired) electrons. The minimum absolute atomic E-state index is 0.180. The highest BCUT2D eigenvalue weighted by Gasteiger charge is 2.38. The van der Waals surface area contributed by atoms with Crippen LogP contribution in [-0.2, 0) is 14.8 Å². The van der Waals surface area contributed by atoms with Crippen molar-refractivity contribution in [1.82, 2.24) is 4.31 Å². The van der Waals surface area contributed by atoms with Gasteiger partial charge in [-0.2, -0.15) is 4.31 Å². The van der Waals surface area contributed by atoms with Gasteiger partial charge < -0.3 is 4.74 Å². The molecular weight excluding hydrogens is 250 g/mol. The van der Waals surface area contributed by atoms with E-state index in [1.165, 1.54) is 0 Å². The van der Waals surface area contributed by atoms with E-state index in [1.54, 1.807) is 4.31 Å². The molecule has 1 aliphatic heterocycles. The van der Waals surface area contributed by atoms with Crippen molar-refractivity contribution in [3.05, 3.63) is 0 Å². The first-order valence-electron chi connectivity index (χ1n) is 5.80. The molecule has 0 aromatic rings. The molecule has 1 heterocycles. The summed E-state index contributed by atoms with van der Waals surface area (Å²) in [4.78, 5) is 0. The van der Waals surface area contributed by atoms with Crippen molar-refractivity contribution in [2.45, 2.75) is 37.0 Å². The van der Waals surface area contributed by atoms with Gasteiger partial charge in [0.15, 0.2) is 0 Å². The normalized spacial score (nSPS) is 29.7. The summed E-state index contributed by atoms with van der Waals surface area (Å²) in [5.41, 5.74) is 0. The van der Waals surface area contributed by atoms with Crippen molar-refractivity contribution in [2.75, 3.05) is 25.6 Å². The molecule has 1 saturated carbocycles. The molecule has 0 amide bonds. The number of morpholine rings is 1. The lowest BCUT2D eigenvalue weighted by Gasteiger charge is -2.35. The van der Waals surface area contributed by atoms with Crippen LogP contribution in [0.5, 0.6) is 0 Å². The van der Waals surface area contributed by atoms with E-state index in [2.05, 4.69) is 0 Å². The lowest BCUT2D eigenvalue weighted by Crippen LogP contribution is -2.52. The number of hydrogen-bond donors (Lipinski definition) is 0. The Balaban J connectivity index is 2.13. The lowest BCUT2D eigenvalue weighted by molar-refractivity contribution is 0.0400. The average molecular weight is 268 g/mol. The van der Waals surface area contributed by atoms with E-state index in [0.717, 1.165) is 25.7 Å². The molecule has 1 unspecified atom stereocenters. The molecule has 2 rings (SSSR count). The highest BCUT2D eigenvalue weighted by molar-refractivity contribution is 7.89. The Morgan fingerprint density at radius 1 is 1.31 bits per heavy atom. The van der Waals surface area contributed by atoms with Crippen LogP contribution in [0.15, 0.2) is 0 Å². The largest absolute Gasteiger partial charge is 0.378 e. The fraction of sp³-hybridized carbons (Fsp3) is 1.00. The van der Waals surface area contributed by atoms with E-state index in [0.29, 0.717) is 25.6 Å². The molecule has 0 aromatic heterocycles. The van der Waals surface area contributed by atoms with E-state index in [4.69, 9.17) is 16.3 Å². The van der Waals surface area contributed by atoms with Crippen molar-refractivity contribution in [2.24, 2.45) is 0 Å². The molecule has 1 aliphatic carbocycles. The zero-order valence-corrected chi connectivity index (χ0v) is 10.8. The molecule has 4 nitrogen and oxygen atoms in total. The van der Waals surface area contributed by atoms with Crippen LogP contribution >= 0.6 is 11.6 Å². The second-order valence-corrected chi connectivity index (χ2v) is 6.92. The van der Waals surface area contributed by atoms with E-state index in [9.17, 15) is 8.42 Å². The molecule has 0 bridgehead atoms. The minimum Gasteiger partial charge on any atom is -0.378 e. The van der Waals surface area contributed by atoms with Crippen LogP contribution in [0.4, 0.5) is 0 Å². The summed E-state index contributed by atoms with van der Waals surface area (Å²) in [6.45, 7) is 1.37. The molecule has 16 heavy (non-hydrogen) atoms. The topological polar surface area (TPSA) is 46.6 Å². The Kier molecular flexibility index (Phi) is 4.11. The number of ether oxygens (including phenoxy) is 1. The second kappa shape index (κ2) is 5.21. The maximum absolute atomic E-state index is 12.4. The van der Waals surface area contributed by atoms with Gasteiger partial charge in [-0.1, -0.05) is 12.8 Å². The Labute approximate surface area is 102 Å². The third-order valence-corrected chi connectivity index (χ3v) is 6.21. The van der Waals surface area contributed by atoms with Crippen LogP contribution in [0.25, 0.3) is 0 Å². The first kappa shape index (κ1) is 12.6. The van der Waals surface area contributed by atoms with Gasteiger partial charge in [-0.3, -0.25) is 0 Å². The van der Waals surface area contributed by atoms with Gasteiger partial charge in [0.05, 0.1) is 24.5 Å². The highest BCUT2D eigenvalue weighted by atomic mass is 35.5. The maximum atomic E-state index is 12.4. The van der Waals surface area contributed by atoms with Crippen molar-refractivity contribution >= 4 is 21.6 Å². The summed E-state index contributed by atoms with van der Waals surface area (Å²) < 4.78 is 31.6. The summed E-state index contributed by atoms with van der Waals surface area (Å²) in [7, 11) is -3.15. The van der Waals surface area contributed by atoms with Crippen molar-refractivity contribution in [3.8, 4) is 0 Å². The van der Waals surface area contributed by atoms with Gasteiger partial charge in [0.25, 0.3) is 0 Å². The highest BCUT2D eigenvalue weighted by Crippen LogP contribution is 2.29. The van der Waals surface area contributed by atoms with E-state index >= 15 is 0 Å². The zero-order valence-electron chi connectivity index (χ0n) is 9.27. The van der Waals surface area contributed by atoms with Crippen molar-refractivity contribution in [1.29, 1.82) is 0 Å². The summed E-state index contributed by atoms with van der Waals surface area (Å²) in [5, 5.41) is -0.184. The Bertz CT molecular complexity index is 327. The molecule has 6 heteroatoms. The van der Waals surface area contributed by atoms with E-state index in [1.807, 2.05) is 0 Å². The lowest BCUT2D eigenvalue weighted by atomic mass is 10.3. The SMILES string of the molecule is O=S(=O)(C1CCCC1)N1CCOCC1CCl. The molecule has 94 valence electrons. The summed E-state index contributed by atoms with van der Waals surface area (Å²) in [5.74, 6) is 0.311. The van der Waals surface area contributed by atoms with Gasteiger partial charge in [-0.05, 0) is 12.8 Å². The van der Waals surface area contributed by atoms with Gasteiger partial charge in [0.1, 0.15) is 0 Å². The number of hydrogen-bond acceptors (Lipinski definition) is 3. The number of rotatable bonds is 3. The quantitative estimate of drug-likeness (QED) is 0.722. The molecule has 2 fully saturated rings. The standard InChI is InChI=1S/C10H18ClNO3S/c11-7-9-8-15-6-5-12(9)16(13,14)10-3-1-2-4-10/h9-10H,1-8H2. The zero-order chi connectivity index (χ0) is 11.6. The van der Waals surface area contributed by atoms with E-state index in [-0.39, 0.29) is 11.3 Å². The van der Waals surface area contributed by atoms with Crippen LogP contribution in [0.3, 0.4) is 0 Å². The molecule has 0 spiro atoms. The van der Waals surface area contributed by atoms with Gasteiger partial charge >= 0.3 is 0 Å². The van der Waals surface area contributed by atoms with Gasteiger partial charge in [-0.25, -0.2) is 8.42 Å². The maximum Gasteiger partial charge on any atom is 0.217 e. The number of halogens is 1. The molecule has 0 aromatic carbocycles. The Hall–Kier alpha value is 0.160. The van der Waals surface area contributed by atoms with Crippen LogP contribution in [0, 0.1) is 0 Å². The van der Waals surface area contributed by atoms with Crippen LogP contribution in [-0.4, -0.2) is 49.7 Å². The molecule has 0 N–H and O–H groups in total. The van der Waals surface area contributed by atoms with Gasteiger partial charge in [0, 0.05) is 12.4 Å². The van der Waals surface area contributed by atoms with Crippen LogP contribution < -0.4 is 0 Å². The van der Waals surface area contributed by atoms with Crippen LogP contribution in [0.1, 0.15) is 25.7 Å². The van der Waals surface area contributed by atoms with E-state index < -0.39 is 10.0 Å². The third-order valence-electron chi connectivity index (χ3n) is 3.40. The first-order valence-corrected chi connectivity index (χ1v) is 7.84. The molecule has 1 saturated heterocycles. The Morgan fingerprint density at radius 2 is 2.00 bits per heavy atom. The van der Waals surface area contributed by atoms with Crippen molar-refractivity contribution < 1.29 is 13.2 Å². The second-order valence-electron chi connectivity index (χ2n) is 4.45. The fourth-order valence-electron chi connectivity index (χ4n) is 2.47. The van der Waals surface area contributed by atoms with Crippen molar-refractivity contribution in [3.63, 3.8) is 0 Å². The predicted octanol–water partition coefficient (Wildman–Crippen LogP) is 1.20. The summed E-state index contributed by atoms with van der Waals surface area (Å²) >= 11 is 5.80. The average Bonchev–Trinajstić information content (AvgIpc) is 2.83. The number of sulfonamides is 1. The number of nitrogens with zero attached hydrogens (tertiary/aromatic N) is 1.